The number of rotatable bonds is 3. The summed E-state index contributed by atoms with van der Waals surface area (Å²) in [5.41, 5.74) is 1.20. The summed E-state index contributed by atoms with van der Waals surface area (Å²) in [5, 5.41) is 11.4. The number of thiocarbonyl (C=S) groups is 1. The van der Waals surface area contributed by atoms with Gasteiger partial charge in [0.1, 0.15) is 10.0 Å². The number of ether oxygens (including phenoxy) is 1. The summed E-state index contributed by atoms with van der Waals surface area (Å²) in [5.74, 6) is -0.190. The Morgan fingerprint density at radius 3 is 2.67 bits per heavy atom. The molecule has 2 heterocycles. The van der Waals surface area contributed by atoms with Crippen molar-refractivity contribution in [1.29, 1.82) is 0 Å². The summed E-state index contributed by atoms with van der Waals surface area (Å²) < 4.78 is 5.77. The Morgan fingerprint density at radius 2 is 2.08 bits per heavy atom. The van der Waals surface area contributed by atoms with Crippen molar-refractivity contribution in [3.05, 3.63) is 38.8 Å². The largest absolute Gasteiger partial charge is 0.378 e. The molecule has 9 heteroatoms. The highest BCUT2D eigenvalue weighted by Gasteiger charge is 2.29. The third-order valence-corrected chi connectivity index (χ3v) is 5.32. The van der Waals surface area contributed by atoms with E-state index in [0.29, 0.717) is 46.8 Å². The first-order valence-electron chi connectivity index (χ1n) is 7.30. The first-order chi connectivity index (χ1) is 11.5. The Balaban J connectivity index is 1.93. The number of nitro benzene ring substituents is 1. The number of nitro groups is 1. The van der Waals surface area contributed by atoms with Crippen molar-refractivity contribution in [2.45, 2.75) is 0 Å². The van der Waals surface area contributed by atoms with E-state index >= 15 is 0 Å². The third kappa shape index (κ3) is 3.28. The molecule has 0 saturated carbocycles. The molecule has 1 aromatic rings. The van der Waals surface area contributed by atoms with Crippen LogP contribution >= 0.6 is 24.0 Å². The lowest BCUT2D eigenvalue weighted by atomic mass is 10.1. The Labute approximate surface area is 148 Å². The van der Waals surface area contributed by atoms with Crippen LogP contribution in [0.2, 0.25) is 0 Å². The summed E-state index contributed by atoms with van der Waals surface area (Å²) in [7, 11) is 1.61. The molecule has 2 fully saturated rings. The van der Waals surface area contributed by atoms with Crippen LogP contribution in [-0.4, -0.2) is 53.4 Å². The van der Waals surface area contributed by atoms with Gasteiger partial charge in [0.2, 0.25) is 0 Å². The number of thioether (sulfide) groups is 1. The number of anilines is 1. The molecule has 0 atom stereocenters. The lowest BCUT2D eigenvalue weighted by Crippen LogP contribution is -2.36. The van der Waals surface area contributed by atoms with Crippen molar-refractivity contribution < 1.29 is 14.5 Å². The lowest BCUT2D eigenvalue weighted by Gasteiger charge is -2.28. The van der Waals surface area contributed by atoms with Gasteiger partial charge in [-0.2, -0.15) is 0 Å². The van der Waals surface area contributed by atoms with E-state index in [1.54, 1.807) is 25.3 Å². The highest BCUT2D eigenvalue weighted by molar-refractivity contribution is 8.26. The third-order valence-electron chi connectivity index (χ3n) is 3.83. The summed E-state index contributed by atoms with van der Waals surface area (Å²) in [6, 6.07) is 5.00. The van der Waals surface area contributed by atoms with Crippen LogP contribution in [-0.2, 0) is 9.53 Å². The van der Waals surface area contributed by atoms with E-state index in [1.807, 2.05) is 4.90 Å². The molecule has 2 aliphatic heterocycles. The highest BCUT2D eigenvalue weighted by Crippen LogP contribution is 2.34. The minimum atomic E-state index is -0.396. The van der Waals surface area contributed by atoms with Gasteiger partial charge in [-0.1, -0.05) is 30.0 Å². The molecule has 1 aromatic carbocycles. The van der Waals surface area contributed by atoms with E-state index in [2.05, 4.69) is 0 Å². The maximum atomic E-state index is 12.0. The maximum Gasteiger partial charge on any atom is 0.293 e. The second-order valence-electron chi connectivity index (χ2n) is 5.35. The Morgan fingerprint density at radius 1 is 1.38 bits per heavy atom. The van der Waals surface area contributed by atoms with E-state index in [-0.39, 0.29) is 11.6 Å². The average molecular weight is 365 g/mol. The van der Waals surface area contributed by atoms with Gasteiger partial charge in [-0.05, 0) is 17.7 Å². The van der Waals surface area contributed by atoms with Crippen LogP contribution < -0.4 is 4.90 Å². The van der Waals surface area contributed by atoms with Gasteiger partial charge in [0.05, 0.1) is 23.0 Å². The van der Waals surface area contributed by atoms with E-state index in [0.717, 1.165) is 0 Å². The fraction of sp³-hybridized carbons (Fsp3) is 0.333. The van der Waals surface area contributed by atoms with Crippen molar-refractivity contribution in [3.63, 3.8) is 0 Å². The SMILES string of the molecule is CN1C(=O)/C(=C\c2ccc(N3CCOCC3)c([N+](=O)[O-])c2)SC1=S. The van der Waals surface area contributed by atoms with Crippen molar-refractivity contribution in [3.8, 4) is 0 Å². The molecule has 0 aliphatic carbocycles. The topological polar surface area (TPSA) is 75.9 Å². The van der Waals surface area contributed by atoms with Gasteiger partial charge in [-0.3, -0.25) is 19.8 Å². The molecule has 2 saturated heterocycles. The maximum absolute atomic E-state index is 12.0. The summed E-state index contributed by atoms with van der Waals surface area (Å²) in [6.45, 7) is 2.35. The monoisotopic (exact) mass is 365 g/mol. The number of benzene rings is 1. The number of carbonyl (C=O) groups is 1. The minimum Gasteiger partial charge on any atom is -0.378 e. The molecular weight excluding hydrogens is 350 g/mol. The van der Waals surface area contributed by atoms with Crippen LogP contribution in [0.15, 0.2) is 23.1 Å². The lowest BCUT2D eigenvalue weighted by molar-refractivity contribution is -0.384. The van der Waals surface area contributed by atoms with E-state index in [9.17, 15) is 14.9 Å². The predicted molar refractivity (Wildman–Crippen MR) is 97.1 cm³/mol. The van der Waals surface area contributed by atoms with Gasteiger partial charge in [-0.15, -0.1) is 0 Å². The fourth-order valence-electron chi connectivity index (χ4n) is 2.55. The smallest absolute Gasteiger partial charge is 0.293 e. The van der Waals surface area contributed by atoms with Gasteiger partial charge in [0.15, 0.2) is 0 Å². The van der Waals surface area contributed by atoms with Crippen LogP contribution in [0.3, 0.4) is 0 Å². The van der Waals surface area contributed by atoms with E-state index in [4.69, 9.17) is 17.0 Å². The highest BCUT2D eigenvalue weighted by atomic mass is 32.2. The zero-order valence-electron chi connectivity index (χ0n) is 12.9. The first kappa shape index (κ1) is 16.9. The molecule has 3 rings (SSSR count). The Bertz CT molecular complexity index is 744. The van der Waals surface area contributed by atoms with Crippen molar-refractivity contribution in [1.82, 2.24) is 4.90 Å². The van der Waals surface area contributed by atoms with Crippen LogP contribution in [0, 0.1) is 10.1 Å². The van der Waals surface area contributed by atoms with Gasteiger partial charge < -0.3 is 9.64 Å². The zero-order chi connectivity index (χ0) is 17.3. The van der Waals surface area contributed by atoms with Crippen molar-refractivity contribution >= 4 is 51.7 Å². The van der Waals surface area contributed by atoms with Gasteiger partial charge in [-0.25, -0.2) is 0 Å². The second kappa shape index (κ2) is 6.88. The van der Waals surface area contributed by atoms with Crippen LogP contribution in [0.5, 0.6) is 0 Å². The number of likely N-dealkylation sites (N-methyl/N-ethyl adjacent to an activating group) is 1. The molecule has 126 valence electrons. The quantitative estimate of drug-likeness (QED) is 0.352. The van der Waals surface area contributed by atoms with Gasteiger partial charge in [0.25, 0.3) is 11.6 Å². The van der Waals surface area contributed by atoms with Crippen molar-refractivity contribution in [2.24, 2.45) is 0 Å². The molecule has 0 aromatic heterocycles. The van der Waals surface area contributed by atoms with Gasteiger partial charge in [0, 0.05) is 26.2 Å². The molecule has 1 amide bonds. The molecule has 0 unspecified atom stereocenters. The van der Waals surface area contributed by atoms with Crippen LogP contribution in [0.1, 0.15) is 5.56 Å². The molecular formula is C15H15N3O4S2. The number of amides is 1. The molecule has 7 nitrogen and oxygen atoms in total. The van der Waals surface area contributed by atoms with E-state index in [1.165, 1.54) is 22.7 Å². The van der Waals surface area contributed by atoms with Crippen LogP contribution in [0.4, 0.5) is 11.4 Å². The number of hydrogen-bond donors (Lipinski definition) is 0. The Hall–Kier alpha value is -1.97. The summed E-state index contributed by atoms with van der Waals surface area (Å²) >= 11 is 6.28. The minimum absolute atomic E-state index is 0.0256. The summed E-state index contributed by atoms with van der Waals surface area (Å²) in [6.07, 6.45) is 1.64. The zero-order valence-corrected chi connectivity index (χ0v) is 14.6. The first-order valence-corrected chi connectivity index (χ1v) is 8.52. The number of hydrogen-bond acceptors (Lipinski definition) is 7. The fourth-order valence-corrected chi connectivity index (χ4v) is 3.72. The average Bonchev–Trinajstić information content (AvgIpc) is 2.82. The van der Waals surface area contributed by atoms with Crippen LogP contribution in [0.25, 0.3) is 6.08 Å². The molecule has 0 spiro atoms. The van der Waals surface area contributed by atoms with E-state index < -0.39 is 4.92 Å². The summed E-state index contributed by atoms with van der Waals surface area (Å²) in [4.78, 5) is 26.9. The molecule has 2 aliphatic rings. The molecule has 0 radical (unpaired) electrons. The molecule has 24 heavy (non-hydrogen) atoms. The molecule has 0 bridgehead atoms. The molecule has 0 N–H and O–H groups in total. The second-order valence-corrected chi connectivity index (χ2v) is 7.02. The Kier molecular flexibility index (Phi) is 4.83. The standard InChI is InChI=1S/C15H15N3O4S2/c1-16-14(19)13(24-15(16)23)9-10-2-3-11(12(8-10)18(20)21)17-4-6-22-7-5-17/h2-3,8-9H,4-7H2,1H3/b13-9+. The number of carbonyl (C=O) groups excluding carboxylic acids is 1. The predicted octanol–water partition coefficient (Wildman–Crippen LogP) is 2.26. The van der Waals surface area contributed by atoms with Gasteiger partial charge >= 0.3 is 0 Å². The van der Waals surface area contributed by atoms with Crippen molar-refractivity contribution in [2.75, 3.05) is 38.3 Å². The normalized spacial score (nSPS) is 20.1. The number of morpholine rings is 1. The number of nitrogens with zero attached hydrogens (tertiary/aromatic N) is 3.